The van der Waals surface area contributed by atoms with E-state index in [0.29, 0.717) is 49.0 Å². The number of hydrogen-bond acceptors (Lipinski definition) is 8. The zero-order valence-corrected chi connectivity index (χ0v) is 38.1. The number of halogens is 7. The number of aliphatic carboxylic acids is 1. The molecule has 2 heterocycles. The van der Waals surface area contributed by atoms with E-state index in [1.165, 1.54) is 24.3 Å². The van der Waals surface area contributed by atoms with Crippen LogP contribution in [0.4, 0.5) is 30.7 Å². The number of carbonyl (C=O) groups is 5. The van der Waals surface area contributed by atoms with E-state index in [1.54, 1.807) is 27.8 Å². The molecule has 362 valence electrons. The molecule has 66 heavy (non-hydrogen) atoms. The van der Waals surface area contributed by atoms with E-state index < -0.39 is 58.8 Å². The average Bonchev–Trinajstić information content (AvgIpc) is 3.88. The number of Topliss-reactive ketones (excluding diaryl/α,β-unsaturated/α-hetero) is 2. The molecule has 20 heteroatoms. The summed E-state index contributed by atoms with van der Waals surface area (Å²) in [7, 11) is 0. The quantitative estimate of drug-likeness (QED) is 0.0591. The molecule has 1 aliphatic carbocycles. The Bertz CT molecular complexity index is 2350. The van der Waals surface area contributed by atoms with E-state index >= 15 is 0 Å². The number of amides is 2. The summed E-state index contributed by atoms with van der Waals surface area (Å²) in [6, 6.07) is 9.85. The zero-order chi connectivity index (χ0) is 49.4. The van der Waals surface area contributed by atoms with Crippen LogP contribution in [-0.2, 0) is 61.5 Å². The summed E-state index contributed by atoms with van der Waals surface area (Å²) in [6.07, 6.45) is -6.87. The third-order valence-electron chi connectivity index (χ3n) is 12.3. The second-order valence-electron chi connectivity index (χ2n) is 18.1. The minimum Gasteiger partial charge on any atom is -0.542 e. The normalized spacial score (nSPS) is 17.1. The Hall–Kier alpha value is -5.69. The minimum atomic E-state index is -5.19. The number of carboxylic acids is 1. The number of aromatic amines is 1. The molecular formula is C46H58F7N7O6. The fourth-order valence-electron chi connectivity index (χ4n) is 7.95. The van der Waals surface area contributed by atoms with Crippen LogP contribution in [0.25, 0.3) is 10.9 Å². The number of nitrogens with zero attached hydrogens (tertiary/aromatic N) is 4. The van der Waals surface area contributed by atoms with Gasteiger partial charge in [0.15, 0.2) is 11.0 Å². The van der Waals surface area contributed by atoms with Crippen molar-refractivity contribution in [3.63, 3.8) is 0 Å². The molecule has 2 unspecified atom stereocenters. The van der Waals surface area contributed by atoms with Crippen LogP contribution in [0.2, 0.25) is 0 Å². The van der Waals surface area contributed by atoms with Crippen LogP contribution >= 0.6 is 0 Å². The van der Waals surface area contributed by atoms with Crippen molar-refractivity contribution in [3.05, 3.63) is 77.0 Å². The van der Waals surface area contributed by atoms with Crippen molar-refractivity contribution in [1.82, 2.24) is 30.7 Å². The lowest BCUT2D eigenvalue weighted by molar-refractivity contribution is -0.755. The maximum Gasteiger partial charge on any atom is 0.430 e. The molecule has 0 saturated heterocycles. The molecule has 2 aromatic heterocycles. The average molecular weight is 938 g/mol. The number of H-pyrrole nitrogens is 1. The number of tetrazole rings is 1. The number of alkyl halides is 6. The number of carboxylic acid groups (broad SMARTS) is 1. The number of benzene rings is 2. The highest BCUT2D eigenvalue weighted by atomic mass is 19.4. The zero-order valence-electron chi connectivity index (χ0n) is 38.1. The smallest absolute Gasteiger partial charge is 0.430 e. The monoisotopic (exact) mass is 937 g/mol. The standard InChI is InChI=1S/C44H57F4N7O4.C2HF3O2/c1-8-27(3)32(23-30(56)22-29-14-10-11-17-36(29)45)41(59)51-43(19-18-37-34(25-43)31-15-12-16-35(39(31)50-37)44(46,47)48)38(57)24-33(28(4)9-2)40(58)49-20-13-21-54-26-55(53-52-54)42(5,6)7;3-2(4,5)1(6)7/h10-12,14-17,26-28,32-33,50H,8-9,13,18-25H2,1-7H3,(H-,49,51,58,59);(H,6,7)/t27?,28?,32-,33-,43+;/m0./s1. The summed E-state index contributed by atoms with van der Waals surface area (Å²) in [4.78, 5) is 68.4. The van der Waals surface area contributed by atoms with Crippen LogP contribution in [0.3, 0.4) is 0 Å². The number of nitrogens with one attached hydrogen (secondary N) is 3. The Labute approximate surface area is 378 Å². The molecule has 0 bridgehead atoms. The van der Waals surface area contributed by atoms with E-state index in [4.69, 9.17) is 9.90 Å². The summed E-state index contributed by atoms with van der Waals surface area (Å²) in [6.45, 7) is 14.4. The number of fused-ring (bicyclic) bond motifs is 3. The molecule has 4 aromatic rings. The Morgan fingerprint density at radius 1 is 0.909 bits per heavy atom. The topological polar surface area (TPSA) is 183 Å². The molecular weight excluding hydrogens is 880 g/mol. The van der Waals surface area contributed by atoms with Crippen molar-refractivity contribution in [1.29, 1.82) is 0 Å². The van der Waals surface area contributed by atoms with Crippen LogP contribution in [0.1, 0.15) is 109 Å². The van der Waals surface area contributed by atoms with Gasteiger partial charge in [-0.05, 0) is 75.1 Å². The second-order valence-corrected chi connectivity index (χ2v) is 18.1. The first-order chi connectivity index (χ1) is 30.7. The Balaban J connectivity index is 0.00000126. The van der Waals surface area contributed by atoms with Gasteiger partial charge in [0, 0.05) is 55.1 Å². The van der Waals surface area contributed by atoms with Gasteiger partial charge in [-0.1, -0.05) is 75.6 Å². The fourth-order valence-corrected chi connectivity index (χ4v) is 7.95. The SMILES string of the molecule is CCC(C)[C@H](CC(=O)[C@@]1(NC(=O)[C@@H](CC(=O)Cc2ccccc2F)C(C)CC)CCc2[nH]c3c(C(F)(F)F)cccc3c2C1)C(=O)NCCC[n+]1cn(C(C)(C)C)nn1.O=C([O-])C(F)(F)F. The molecule has 0 saturated carbocycles. The first-order valence-electron chi connectivity index (χ1n) is 21.9. The number of hydrogen-bond donors (Lipinski definition) is 3. The van der Waals surface area contributed by atoms with E-state index in [9.17, 15) is 49.9 Å². The molecule has 0 fully saturated rings. The number of carbonyl (C=O) groups excluding carboxylic acids is 5. The highest BCUT2D eigenvalue weighted by Crippen LogP contribution is 2.41. The third kappa shape index (κ3) is 13.5. The summed E-state index contributed by atoms with van der Waals surface area (Å²) >= 11 is 0. The predicted molar refractivity (Wildman–Crippen MR) is 225 cm³/mol. The third-order valence-corrected chi connectivity index (χ3v) is 12.3. The lowest BCUT2D eigenvalue weighted by atomic mass is 9.72. The van der Waals surface area contributed by atoms with Crippen molar-refractivity contribution in [2.24, 2.45) is 23.7 Å². The van der Waals surface area contributed by atoms with Crippen molar-refractivity contribution in [2.75, 3.05) is 6.54 Å². The van der Waals surface area contributed by atoms with Crippen LogP contribution in [0.15, 0.2) is 48.8 Å². The number of aryl methyl sites for hydroxylation is 2. The fraction of sp³-hybridized carbons (Fsp3) is 0.565. The molecule has 2 amide bonds. The number of para-hydroxylation sites is 1. The first-order valence-corrected chi connectivity index (χ1v) is 21.9. The van der Waals surface area contributed by atoms with E-state index in [2.05, 4.69) is 26.0 Å². The largest absolute Gasteiger partial charge is 0.542 e. The van der Waals surface area contributed by atoms with Gasteiger partial charge in [0.2, 0.25) is 18.1 Å². The van der Waals surface area contributed by atoms with E-state index in [0.717, 1.165) is 6.07 Å². The number of rotatable bonds is 18. The highest BCUT2D eigenvalue weighted by Gasteiger charge is 2.47. The molecule has 5 atom stereocenters. The molecule has 0 spiro atoms. The summed E-state index contributed by atoms with van der Waals surface area (Å²) in [5.74, 6) is -7.30. The Kier molecular flexibility index (Phi) is 17.4. The predicted octanol–water partition coefficient (Wildman–Crippen LogP) is 6.29. The van der Waals surface area contributed by atoms with Crippen LogP contribution in [0.5, 0.6) is 0 Å². The second kappa shape index (κ2) is 21.7. The van der Waals surface area contributed by atoms with Gasteiger partial charge >= 0.3 is 12.4 Å². The van der Waals surface area contributed by atoms with Gasteiger partial charge in [-0.3, -0.25) is 19.2 Å². The van der Waals surface area contributed by atoms with Gasteiger partial charge in [0.05, 0.1) is 17.6 Å². The van der Waals surface area contributed by atoms with Crippen LogP contribution in [0, 0.1) is 29.5 Å². The van der Waals surface area contributed by atoms with Crippen molar-refractivity contribution in [2.45, 2.75) is 136 Å². The van der Waals surface area contributed by atoms with Crippen molar-refractivity contribution >= 4 is 40.3 Å². The molecule has 1 aliphatic rings. The Morgan fingerprint density at radius 3 is 2.09 bits per heavy atom. The molecule has 2 aromatic carbocycles. The minimum absolute atomic E-state index is 0.0659. The van der Waals surface area contributed by atoms with Gasteiger partial charge in [0.1, 0.15) is 33.9 Å². The van der Waals surface area contributed by atoms with E-state index in [1.807, 2.05) is 48.5 Å². The van der Waals surface area contributed by atoms with Crippen LogP contribution in [-0.4, -0.2) is 67.7 Å². The van der Waals surface area contributed by atoms with Gasteiger partial charge in [-0.2, -0.15) is 26.3 Å². The summed E-state index contributed by atoms with van der Waals surface area (Å²) in [5.41, 5.74) is -1.50. The summed E-state index contributed by atoms with van der Waals surface area (Å²) in [5, 5.41) is 23.4. The molecule has 0 aliphatic heterocycles. The molecule has 13 nitrogen and oxygen atoms in total. The van der Waals surface area contributed by atoms with Gasteiger partial charge in [-0.25, -0.2) is 4.39 Å². The molecule has 5 rings (SSSR count). The van der Waals surface area contributed by atoms with E-state index in [-0.39, 0.29) is 78.7 Å². The lowest BCUT2D eigenvalue weighted by Crippen LogP contribution is -2.60. The van der Waals surface area contributed by atoms with Crippen molar-refractivity contribution in [3.8, 4) is 0 Å². The van der Waals surface area contributed by atoms with Crippen molar-refractivity contribution < 1.29 is 64.5 Å². The van der Waals surface area contributed by atoms with Gasteiger partial charge in [-0.15, -0.1) is 4.68 Å². The maximum absolute atomic E-state index is 14.9. The Morgan fingerprint density at radius 2 is 1.53 bits per heavy atom. The maximum atomic E-state index is 14.9. The van der Waals surface area contributed by atoms with Gasteiger partial charge < -0.3 is 25.5 Å². The van der Waals surface area contributed by atoms with Gasteiger partial charge in [0.25, 0.3) is 0 Å². The molecule has 0 radical (unpaired) electrons. The van der Waals surface area contributed by atoms with Crippen LogP contribution < -0.4 is 20.4 Å². The lowest BCUT2D eigenvalue weighted by Gasteiger charge is -2.39. The number of ketones is 2. The summed E-state index contributed by atoms with van der Waals surface area (Å²) < 4.78 is 91.9. The first kappa shape index (κ1) is 52.9. The molecule has 3 N–H and O–H groups in total. The number of aromatic nitrogens is 5. The highest BCUT2D eigenvalue weighted by molar-refractivity contribution is 5.99.